The van der Waals surface area contributed by atoms with Crippen molar-refractivity contribution in [2.75, 3.05) is 32.2 Å². The Labute approximate surface area is 107 Å². The second-order valence-corrected chi connectivity index (χ2v) is 3.67. The second kappa shape index (κ2) is 8.41. The van der Waals surface area contributed by atoms with E-state index >= 15 is 0 Å². The van der Waals surface area contributed by atoms with Crippen molar-refractivity contribution >= 4 is 11.8 Å². The molecule has 0 radical (unpaired) electrons. The quantitative estimate of drug-likeness (QED) is 0.559. The zero-order chi connectivity index (χ0) is 13.2. The van der Waals surface area contributed by atoms with Gasteiger partial charge in [0.15, 0.2) is 0 Å². The van der Waals surface area contributed by atoms with Gasteiger partial charge in [-0.2, -0.15) is 0 Å². The van der Waals surface area contributed by atoms with Gasteiger partial charge in [0.05, 0.1) is 13.7 Å². The Morgan fingerprint density at radius 3 is 3.00 bits per heavy atom. The predicted molar refractivity (Wildman–Crippen MR) is 67.6 cm³/mol. The van der Waals surface area contributed by atoms with Gasteiger partial charge < -0.3 is 14.8 Å². The number of carbonyl (C=O) groups excluding carboxylic acids is 1. The van der Waals surface area contributed by atoms with Gasteiger partial charge in [-0.25, -0.2) is 14.8 Å². The molecule has 18 heavy (non-hydrogen) atoms. The van der Waals surface area contributed by atoms with E-state index in [1.54, 1.807) is 0 Å². The zero-order valence-electron chi connectivity index (χ0n) is 10.8. The van der Waals surface area contributed by atoms with E-state index < -0.39 is 5.97 Å². The minimum atomic E-state index is -0.454. The third-order valence-electron chi connectivity index (χ3n) is 2.30. The van der Waals surface area contributed by atoms with Crippen LogP contribution in [-0.2, 0) is 9.47 Å². The molecule has 0 aliphatic rings. The summed E-state index contributed by atoms with van der Waals surface area (Å²) in [5.74, 6) is 0.0148. The van der Waals surface area contributed by atoms with Crippen molar-refractivity contribution in [2.45, 2.75) is 19.8 Å². The van der Waals surface area contributed by atoms with Gasteiger partial charge in [0.1, 0.15) is 17.7 Å². The first-order valence-corrected chi connectivity index (χ1v) is 5.99. The predicted octanol–water partition coefficient (Wildman–Crippen LogP) is 1.49. The van der Waals surface area contributed by atoms with Crippen molar-refractivity contribution in [1.82, 2.24) is 9.97 Å². The highest BCUT2D eigenvalue weighted by Crippen LogP contribution is 2.10. The fraction of sp³-hybridized carbons (Fsp3) is 0.583. The molecule has 0 unspecified atom stereocenters. The van der Waals surface area contributed by atoms with Crippen LogP contribution in [0.3, 0.4) is 0 Å². The van der Waals surface area contributed by atoms with Crippen LogP contribution >= 0.6 is 0 Å². The number of esters is 1. The Kier molecular flexibility index (Phi) is 6.71. The highest BCUT2D eigenvalue weighted by Gasteiger charge is 2.12. The molecule has 0 amide bonds. The van der Waals surface area contributed by atoms with Crippen molar-refractivity contribution in [3.8, 4) is 0 Å². The topological polar surface area (TPSA) is 73.3 Å². The standard InChI is InChI=1S/C12H19N3O3/c1-3-4-6-18-7-5-14-11-10(12(16)17-2)8-13-9-15-11/h8-9H,3-7H2,1-2H3,(H,13,14,15). The molecule has 0 saturated heterocycles. The summed E-state index contributed by atoms with van der Waals surface area (Å²) >= 11 is 0. The van der Waals surface area contributed by atoms with Crippen molar-refractivity contribution in [1.29, 1.82) is 0 Å². The maximum absolute atomic E-state index is 11.4. The van der Waals surface area contributed by atoms with Crippen LogP contribution in [0, 0.1) is 0 Å². The number of carbonyl (C=O) groups is 1. The molecule has 6 heteroatoms. The van der Waals surface area contributed by atoms with Crippen LogP contribution in [-0.4, -0.2) is 42.8 Å². The Bertz CT molecular complexity index is 371. The summed E-state index contributed by atoms with van der Waals surface area (Å²) < 4.78 is 10.0. The van der Waals surface area contributed by atoms with Crippen molar-refractivity contribution in [3.63, 3.8) is 0 Å². The molecule has 6 nitrogen and oxygen atoms in total. The molecule has 0 bridgehead atoms. The third-order valence-corrected chi connectivity index (χ3v) is 2.30. The molecule has 0 fully saturated rings. The SMILES string of the molecule is CCCCOCCNc1ncncc1C(=O)OC. The van der Waals surface area contributed by atoms with E-state index in [4.69, 9.17) is 4.74 Å². The van der Waals surface area contributed by atoms with Crippen LogP contribution in [0.4, 0.5) is 5.82 Å². The number of rotatable bonds is 8. The number of nitrogens with one attached hydrogen (secondary N) is 1. The van der Waals surface area contributed by atoms with Gasteiger partial charge in [-0.05, 0) is 6.42 Å². The molecule has 1 aromatic heterocycles. The van der Waals surface area contributed by atoms with Gasteiger partial charge >= 0.3 is 5.97 Å². The first kappa shape index (κ1) is 14.4. The van der Waals surface area contributed by atoms with E-state index in [0.717, 1.165) is 19.4 Å². The van der Waals surface area contributed by atoms with E-state index in [-0.39, 0.29) is 0 Å². The van der Waals surface area contributed by atoms with Gasteiger partial charge in [0.2, 0.25) is 0 Å². The van der Waals surface area contributed by atoms with E-state index in [1.165, 1.54) is 19.6 Å². The molecular weight excluding hydrogens is 234 g/mol. The zero-order valence-corrected chi connectivity index (χ0v) is 10.8. The lowest BCUT2D eigenvalue weighted by Crippen LogP contribution is -2.15. The van der Waals surface area contributed by atoms with Gasteiger partial charge in [0.25, 0.3) is 0 Å². The van der Waals surface area contributed by atoms with Gasteiger partial charge in [0, 0.05) is 19.3 Å². The maximum Gasteiger partial charge on any atom is 0.343 e. The Morgan fingerprint density at radius 2 is 2.28 bits per heavy atom. The van der Waals surface area contributed by atoms with Crippen molar-refractivity contribution < 1.29 is 14.3 Å². The molecule has 0 aliphatic carbocycles. The summed E-state index contributed by atoms with van der Waals surface area (Å²) in [5, 5.41) is 3.03. The van der Waals surface area contributed by atoms with Crippen LogP contribution in [0.1, 0.15) is 30.1 Å². The number of hydrogen-bond donors (Lipinski definition) is 1. The molecule has 0 spiro atoms. The molecule has 100 valence electrons. The molecule has 0 saturated carbocycles. The normalized spacial score (nSPS) is 10.1. The minimum absolute atomic E-state index is 0.327. The molecule has 0 aromatic carbocycles. The number of unbranched alkanes of at least 4 members (excludes halogenated alkanes) is 1. The molecule has 0 atom stereocenters. The maximum atomic E-state index is 11.4. The summed E-state index contributed by atoms with van der Waals surface area (Å²) in [7, 11) is 1.33. The third kappa shape index (κ3) is 4.67. The lowest BCUT2D eigenvalue weighted by molar-refractivity contribution is 0.0601. The monoisotopic (exact) mass is 253 g/mol. The fourth-order valence-electron chi connectivity index (χ4n) is 1.32. The van der Waals surface area contributed by atoms with Crippen LogP contribution in [0.2, 0.25) is 0 Å². The van der Waals surface area contributed by atoms with Crippen LogP contribution in [0.5, 0.6) is 0 Å². The second-order valence-electron chi connectivity index (χ2n) is 3.67. The van der Waals surface area contributed by atoms with Crippen molar-refractivity contribution in [3.05, 3.63) is 18.1 Å². The summed E-state index contributed by atoms with van der Waals surface area (Å²) in [4.78, 5) is 19.2. The number of methoxy groups -OCH3 is 1. The Balaban J connectivity index is 2.39. The summed E-state index contributed by atoms with van der Waals surface area (Å²) in [5.41, 5.74) is 0.327. The average Bonchev–Trinajstić information content (AvgIpc) is 2.42. The van der Waals surface area contributed by atoms with Crippen LogP contribution in [0.25, 0.3) is 0 Å². The first-order chi connectivity index (χ1) is 8.79. The molecule has 1 rings (SSSR count). The largest absolute Gasteiger partial charge is 0.465 e. The molecule has 0 aliphatic heterocycles. The molecule has 1 heterocycles. The van der Waals surface area contributed by atoms with Gasteiger partial charge in [-0.3, -0.25) is 0 Å². The first-order valence-electron chi connectivity index (χ1n) is 5.99. The van der Waals surface area contributed by atoms with E-state index in [0.29, 0.717) is 24.5 Å². The summed E-state index contributed by atoms with van der Waals surface area (Å²) in [6.45, 7) is 4.03. The number of ether oxygens (including phenoxy) is 2. The summed E-state index contributed by atoms with van der Waals surface area (Å²) in [6.07, 6.45) is 4.98. The minimum Gasteiger partial charge on any atom is -0.465 e. The fourth-order valence-corrected chi connectivity index (χ4v) is 1.32. The molecular formula is C12H19N3O3. The molecule has 1 N–H and O–H groups in total. The van der Waals surface area contributed by atoms with E-state index in [9.17, 15) is 4.79 Å². The Hall–Kier alpha value is -1.69. The van der Waals surface area contributed by atoms with Crippen LogP contribution in [0.15, 0.2) is 12.5 Å². The number of anilines is 1. The lowest BCUT2D eigenvalue weighted by atomic mass is 10.3. The Morgan fingerprint density at radius 1 is 1.44 bits per heavy atom. The lowest BCUT2D eigenvalue weighted by Gasteiger charge is -2.09. The highest BCUT2D eigenvalue weighted by molar-refractivity contribution is 5.94. The van der Waals surface area contributed by atoms with E-state index in [1.807, 2.05) is 0 Å². The van der Waals surface area contributed by atoms with Gasteiger partial charge in [-0.1, -0.05) is 13.3 Å². The highest BCUT2D eigenvalue weighted by atomic mass is 16.5. The summed E-state index contributed by atoms with van der Waals surface area (Å²) in [6, 6.07) is 0. The number of aromatic nitrogens is 2. The van der Waals surface area contributed by atoms with Gasteiger partial charge in [-0.15, -0.1) is 0 Å². The van der Waals surface area contributed by atoms with E-state index in [2.05, 4.69) is 26.9 Å². The smallest absolute Gasteiger partial charge is 0.343 e. The van der Waals surface area contributed by atoms with Crippen molar-refractivity contribution in [2.24, 2.45) is 0 Å². The number of nitrogens with zero attached hydrogens (tertiary/aromatic N) is 2. The van der Waals surface area contributed by atoms with Crippen LogP contribution < -0.4 is 5.32 Å². The average molecular weight is 253 g/mol. The molecule has 1 aromatic rings. The number of hydrogen-bond acceptors (Lipinski definition) is 6.